The van der Waals surface area contributed by atoms with Crippen molar-refractivity contribution in [2.75, 3.05) is 5.32 Å². The third kappa shape index (κ3) is 2.46. The van der Waals surface area contributed by atoms with Crippen LogP contribution in [0.5, 0.6) is 0 Å². The molecule has 0 atom stereocenters. The van der Waals surface area contributed by atoms with Gasteiger partial charge in [0.25, 0.3) is 5.91 Å². The standard InChI is InChI=1S/C18H19NO/c1-12-6-9-17(10-13(12)2)19-18(20)16-8-7-14-4-3-5-15(14)11-16/h6-11H,3-5H2,1-2H3,(H,19,20). The average Bonchev–Trinajstić information content (AvgIpc) is 2.90. The summed E-state index contributed by atoms with van der Waals surface area (Å²) in [5, 5.41) is 2.98. The first kappa shape index (κ1) is 12.9. The summed E-state index contributed by atoms with van der Waals surface area (Å²) in [6, 6.07) is 12.1. The molecule has 0 fully saturated rings. The van der Waals surface area contributed by atoms with Crippen molar-refractivity contribution < 1.29 is 4.79 Å². The number of nitrogens with one attached hydrogen (secondary N) is 1. The van der Waals surface area contributed by atoms with E-state index in [1.807, 2.05) is 30.3 Å². The summed E-state index contributed by atoms with van der Waals surface area (Å²) in [6.45, 7) is 4.13. The minimum absolute atomic E-state index is 0.0250. The van der Waals surface area contributed by atoms with Crippen molar-refractivity contribution in [3.63, 3.8) is 0 Å². The van der Waals surface area contributed by atoms with E-state index >= 15 is 0 Å². The van der Waals surface area contributed by atoms with Crippen LogP contribution in [0.2, 0.25) is 0 Å². The van der Waals surface area contributed by atoms with Crippen LogP contribution in [0.1, 0.15) is 39.0 Å². The van der Waals surface area contributed by atoms with Crippen molar-refractivity contribution in [1.29, 1.82) is 0 Å². The highest BCUT2D eigenvalue weighted by Gasteiger charge is 2.14. The van der Waals surface area contributed by atoms with E-state index in [9.17, 15) is 4.79 Å². The summed E-state index contributed by atoms with van der Waals surface area (Å²) < 4.78 is 0. The number of fused-ring (bicyclic) bond motifs is 1. The zero-order valence-electron chi connectivity index (χ0n) is 12.0. The molecule has 1 amide bonds. The van der Waals surface area contributed by atoms with Gasteiger partial charge < -0.3 is 5.32 Å². The van der Waals surface area contributed by atoms with E-state index in [4.69, 9.17) is 0 Å². The van der Waals surface area contributed by atoms with Gasteiger partial charge in [-0.25, -0.2) is 0 Å². The van der Waals surface area contributed by atoms with E-state index in [1.54, 1.807) is 0 Å². The van der Waals surface area contributed by atoms with Crippen molar-refractivity contribution in [2.45, 2.75) is 33.1 Å². The summed E-state index contributed by atoms with van der Waals surface area (Å²) in [6.07, 6.45) is 3.45. The van der Waals surface area contributed by atoms with E-state index in [-0.39, 0.29) is 5.91 Å². The van der Waals surface area contributed by atoms with Crippen molar-refractivity contribution in [3.8, 4) is 0 Å². The fourth-order valence-electron chi connectivity index (χ4n) is 2.74. The van der Waals surface area contributed by atoms with Gasteiger partial charge in [0.1, 0.15) is 0 Å². The third-order valence-electron chi connectivity index (χ3n) is 4.13. The summed E-state index contributed by atoms with van der Waals surface area (Å²) in [4.78, 5) is 12.3. The first-order chi connectivity index (χ1) is 9.63. The van der Waals surface area contributed by atoms with E-state index in [1.165, 1.54) is 28.7 Å². The molecule has 102 valence electrons. The molecule has 1 aliphatic carbocycles. The lowest BCUT2D eigenvalue weighted by Crippen LogP contribution is -2.12. The molecule has 2 aromatic rings. The quantitative estimate of drug-likeness (QED) is 0.872. The zero-order chi connectivity index (χ0) is 14.1. The van der Waals surface area contributed by atoms with Gasteiger partial charge in [0.2, 0.25) is 0 Å². The molecule has 0 aliphatic heterocycles. The Labute approximate surface area is 119 Å². The Morgan fingerprint density at radius 3 is 2.55 bits per heavy atom. The van der Waals surface area contributed by atoms with Gasteiger partial charge in [0.05, 0.1) is 0 Å². The van der Waals surface area contributed by atoms with Gasteiger partial charge in [-0.2, -0.15) is 0 Å². The van der Waals surface area contributed by atoms with E-state index in [0.29, 0.717) is 0 Å². The number of anilines is 1. The SMILES string of the molecule is Cc1ccc(NC(=O)c2ccc3c(c2)CCC3)cc1C. The van der Waals surface area contributed by atoms with Crippen molar-refractivity contribution in [2.24, 2.45) is 0 Å². The molecular formula is C18H19NO. The van der Waals surface area contributed by atoms with Gasteiger partial charge in [-0.05, 0) is 79.6 Å². The first-order valence-electron chi connectivity index (χ1n) is 7.14. The monoisotopic (exact) mass is 265 g/mol. The van der Waals surface area contributed by atoms with Crippen molar-refractivity contribution in [3.05, 3.63) is 64.2 Å². The van der Waals surface area contributed by atoms with E-state index in [2.05, 4.69) is 25.2 Å². The van der Waals surface area contributed by atoms with Gasteiger partial charge in [-0.1, -0.05) is 12.1 Å². The number of hydrogen-bond donors (Lipinski definition) is 1. The number of amides is 1. The molecule has 0 saturated heterocycles. The number of carbonyl (C=O) groups is 1. The molecule has 0 unspecified atom stereocenters. The molecule has 20 heavy (non-hydrogen) atoms. The molecule has 1 aliphatic rings. The number of benzene rings is 2. The molecule has 2 nitrogen and oxygen atoms in total. The second-order valence-electron chi connectivity index (χ2n) is 5.59. The lowest BCUT2D eigenvalue weighted by Gasteiger charge is -2.09. The van der Waals surface area contributed by atoms with Crippen LogP contribution in [-0.4, -0.2) is 5.91 Å². The third-order valence-corrected chi connectivity index (χ3v) is 4.13. The minimum atomic E-state index is -0.0250. The maximum atomic E-state index is 12.3. The minimum Gasteiger partial charge on any atom is -0.322 e. The van der Waals surface area contributed by atoms with E-state index < -0.39 is 0 Å². The lowest BCUT2D eigenvalue weighted by atomic mass is 10.1. The number of aryl methyl sites for hydroxylation is 4. The fourth-order valence-corrected chi connectivity index (χ4v) is 2.74. The molecule has 1 N–H and O–H groups in total. The summed E-state index contributed by atoms with van der Waals surface area (Å²) in [5.74, 6) is -0.0250. The largest absolute Gasteiger partial charge is 0.322 e. The topological polar surface area (TPSA) is 29.1 Å². The van der Waals surface area contributed by atoms with Crippen molar-refractivity contribution >= 4 is 11.6 Å². The lowest BCUT2D eigenvalue weighted by molar-refractivity contribution is 0.102. The molecule has 2 heteroatoms. The van der Waals surface area contributed by atoms with Gasteiger partial charge in [0, 0.05) is 11.3 Å². The number of rotatable bonds is 2. The van der Waals surface area contributed by atoms with Crippen LogP contribution in [-0.2, 0) is 12.8 Å². The molecule has 0 saturated carbocycles. The smallest absolute Gasteiger partial charge is 0.255 e. The summed E-state index contributed by atoms with van der Waals surface area (Å²) >= 11 is 0. The Balaban J connectivity index is 1.80. The Morgan fingerprint density at radius 2 is 1.75 bits per heavy atom. The molecule has 0 aromatic heterocycles. The van der Waals surface area contributed by atoms with Crippen LogP contribution >= 0.6 is 0 Å². The fraction of sp³-hybridized carbons (Fsp3) is 0.278. The van der Waals surface area contributed by atoms with Crippen LogP contribution in [0.3, 0.4) is 0 Å². The zero-order valence-corrected chi connectivity index (χ0v) is 12.0. The molecular weight excluding hydrogens is 246 g/mol. The predicted octanol–water partition coefficient (Wildman–Crippen LogP) is 4.04. The van der Waals surface area contributed by atoms with Crippen LogP contribution in [0.4, 0.5) is 5.69 Å². The Hall–Kier alpha value is -2.09. The number of hydrogen-bond acceptors (Lipinski definition) is 1. The molecule has 0 spiro atoms. The van der Waals surface area contributed by atoms with Gasteiger partial charge in [-0.15, -0.1) is 0 Å². The van der Waals surface area contributed by atoms with Crippen LogP contribution in [0.15, 0.2) is 36.4 Å². The van der Waals surface area contributed by atoms with Gasteiger partial charge in [0.15, 0.2) is 0 Å². The van der Waals surface area contributed by atoms with Crippen LogP contribution < -0.4 is 5.32 Å². The van der Waals surface area contributed by atoms with Crippen LogP contribution in [0.25, 0.3) is 0 Å². The summed E-state index contributed by atoms with van der Waals surface area (Å²) in [7, 11) is 0. The molecule has 2 aromatic carbocycles. The summed E-state index contributed by atoms with van der Waals surface area (Å²) in [5.41, 5.74) is 6.77. The second kappa shape index (κ2) is 5.12. The normalized spacial score (nSPS) is 13.1. The maximum absolute atomic E-state index is 12.3. The highest BCUT2D eigenvalue weighted by atomic mass is 16.1. The maximum Gasteiger partial charge on any atom is 0.255 e. The molecule has 0 heterocycles. The van der Waals surface area contributed by atoms with Gasteiger partial charge in [-0.3, -0.25) is 4.79 Å². The highest BCUT2D eigenvalue weighted by Crippen LogP contribution is 2.23. The Kier molecular flexibility index (Phi) is 3.31. The Morgan fingerprint density at radius 1 is 0.950 bits per heavy atom. The second-order valence-corrected chi connectivity index (χ2v) is 5.59. The Bertz CT molecular complexity index is 673. The predicted molar refractivity (Wildman–Crippen MR) is 82.3 cm³/mol. The molecule has 3 rings (SSSR count). The number of carbonyl (C=O) groups excluding carboxylic acids is 1. The van der Waals surface area contributed by atoms with E-state index in [0.717, 1.165) is 24.1 Å². The van der Waals surface area contributed by atoms with Crippen molar-refractivity contribution in [1.82, 2.24) is 0 Å². The molecule has 0 radical (unpaired) electrons. The van der Waals surface area contributed by atoms with Crippen LogP contribution in [0, 0.1) is 13.8 Å². The highest BCUT2D eigenvalue weighted by molar-refractivity contribution is 6.04. The molecule has 0 bridgehead atoms. The first-order valence-corrected chi connectivity index (χ1v) is 7.14. The average molecular weight is 265 g/mol. The van der Waals surface area contributed by atoms with Gasteiger partial charge >= 0.3 is 0 Å².